The number of nitrogens with one attached hydrogen (secondary N) is 1. The molecule has 0 bridgehead atoms. The third-order valence-corrected chi connectivity index (χ3v) is 4.27. The van der Waals surface area contributed by atoms with Crippen molar-refractivity contribution < 1.29 is 22.7 Å². The minimum Gasteiger partial charge on any atom is -0.404 e. The van der Waals surface area contributed by atoms with Crippen molar-refractivity contribution >= 4 is 23.6 Å². The molecule has 4 nitrogen and oxygen atoms in total. The standard InChI is InChI=1S/C18H14ClF3N2O2/c1-23-17(25)12-4-5-24-15-8-11(7-13(12)15)6-10-2-3-14(19)16(9-10)26-18(20,21)22/h2-5,8-9H,6-7H2,1H3,(H,23,25). The molecule has 0 spiro atoms. The molecule has 1 amide bonds. The van der Waals surface area contributed by atoms with Crippen molar-refractivity contribution in [2.45, 2.75) is 19.2 Å². The van der Waals surface area contributed by atoms with E-state index in [0.29, 0.717) is 29.7 Å². The Kier molecular flexibility index (Phi) is 4.91. The molecule has 0 fully saturated rings. The summed E-state index contributed by atoms with van der Waals surface area (Å²) in [4.78, 5) is 16.2. The van der Waals surface area contributed by atoms with Gasteiger partial charge in [0.05, 0.1) is 10.7 Å². The van der Waals surface area contributed by atoms with E-state index in [9.17, 15) is 18.0 Å². The van der Waals surface area contributed by atoms with E-state index in [4.69, 9.17) is 11.6 Å². The molecule has 1 N–H and O–H groups in total. The van der Waals surface area contributed by atoms with E-state index in [1.165, 1.54) is 12.1 Å². The lowest BCUT2D eigenvalue weighted by Gasteiger charge is -2.12. The summed E-state index contributed by atoms with van der Waals surface area (Å²) in [5.41, 5.74) is 3.60. The van der Waals surface area contributed by atoms with Gasteiger partial charge < -0.3 is 10.1 Å². The lowest BCUT2D eigenvalue weighted by Crippen LogP contribution is -2.20. The van der Waals surface area contributed by atoms with E-state index in [2.05, 4.69) is 15.0 Å². The molecule has 0 saturated carbocycles. The molecule has 1 aliphatic rings. The molecule has 136 valence electrons. The van der Waals surface area contributed by atoms with Crippen LogP contribution < -0.4 is 10.1 Å². The minimum atomic E-state index is -4.81. The van der Waals surface area contributed by atoms with Gasteiger partial charge in [0.25, 0.3) is 5.91 Å². The molecular weight excluding hydrogens is 369 g/mol. The molecule has 1 heterocycles. The predicted molar refractivity (Wildman–Crippen MR) is 91.1 cm³/mol. The number of carbonyl (C=O) groups is 1. The van der Waals surface area contributed by atoms with Crippen LogP contribution in [0.4, 0.5) is 13.2 Å². The Bertz CT molecular complexity index is 894. The number of aromatic nitrogens is 1. The lowest BCUT2D eigenvalue weighted by molar-refractivity contribution is -0.274. The summed E-state index contributed by atoms with van der Waals surface area (Å²) in [5.74, 6) is -0.636. The number of amides is 1. The van der Waals surface area contributed by atoms with Gasteiger partial charge in [-0.1, -0.05) is 23.2 Å². The van der Waals surface area contributed by atoms with Crippen LogP contribution in [0, 0.1) is 0 Å². The molecule has 1 aliphatic carbocycles. The summed E-state index contributed by atoms with van der Waals surface area (Å²) < 4.78 is 41.3. The second kappa shape index (κ2) is 6.99. The Hall–Kier alpha value is -2.54. The van der Waals surface area contributed by atoms with Gasteiger partial charge in [0, 0.05) is 18.8 Å². The monoisotopic (exact) mass is 382 g/mol. The van der Waals surface area contributed by atoms with Crippen LogP contribution in [0.5, 0.6) is 5.75 Å². The number of ether oxygens (including phenoxy) is 1. The Morgan fingerprint density at radius 2 is 2.12 bits per heavy atom. The fourth-order valence-corrected chi connectivity index (χ4v) is 3.03. The van der Waals surface area contributed by atoms with Gasteiger partial charge >= 0.3 is 6.36 Å². The van der Waals surface area contributed by atoms with Crippen LogP contribution in [-0.2, 0) is 12.8 Å². The van der Waals surface area contributed by atoms with E-state index >= 15 is 0 Å². The van der Waals surface area contributed by atoms with Gasteiger partial charge in [0.2, 0.25) is 0 Å². The number of hydrogen-bond donors (Lipinski definition) is 1. The average Bonchev–Trinajstić information content (AvgIpc) is 2.98. The third-order valence-electron chi connectivity index (χ3n) is 3.96. The van der Waals surface area contributed by atoms with Gasteiger partial charge in [0.1, 0.15) is 5.75 Å². The zero-order chi connectivity index (χ0) is 18.9. The number of nitrogens with zero attached hydrogens (tertiary/aromatic N) is 1. The molecule has 3 rings (SSSR count). The molecular formula is C18H14ClF3N2O2. The zero-order valence-corrected chi connectivity index (χ0v) is 14.4. The van der Waals surface area contributed by atoms with Crippen molar-refractivity contribution in [3.8, 4) is 5.75 Å². The van der Waals surface area contributed by atoms with E-state index in [1.54, 1.807) is 25.4 Å². The molecule has 2 aromatic rings. The van der Waals surface area contributed by atoms with Crippen molar-refractivity contribution in [1.29, 1.82) is 0 Å². The first kappa shape index (κ1) is 18.3. The van der Waals surface area contributed by atoms with Gasteiger partial charge in [-0.2, -0.15) is 0 Å². The molecule has 8 heteroatoms. The van der Waals surface area contributed by atoms with Crippen LogP contribution >= 0.6 is 11.6 Å². The number of benzene rings is 1. The highest BCUT2D eigenvalue weighted by molar-refractivity contribution is 6.32. The first-order valence-electron chi connectivity index (χ1n) is 7.70. The first-order chi connectivity index (χ1) is 12.3. The Balaban J connectivity index is 1.81. The quantitative estimate of drug-likeness (QED) is 0.863. The van der Waals surface area contributed by atoms with Crippen molar-refractivity contribution in [2.75, 3.05) is 7.05 Å². The van der Waals surface area contributed by atoms with Gasteiger partial charge in [-0.25, -0.2) is 0 Å². The summed E-state index contributed by atoms with van der Waals surface area (Å²) in [6.07, 6.45) is -0.502. The largest absolute Gasteiger partial charge is 0.573 e. The fraction of sp³-hybridized carbons (Fsp3) is 0.222. The number of hydrogen-bond acceptors (Lipinski definition) is 3. The second-order valence-corrected chi connectivity index (χ2v) is 6.18. The Morgan fingerprint density at radius 1 is 1.35 bits per heavy atom. The SMILES string of the molecule is CNC(=O)c1ccnc2c1CC(Cc1ccc(Cl)c(OC(F)(F)F)c1)=C2. The normalized spacial score (nSPS) is 13.2. The molecule has 0 radical (unpaired) electrons. The van der Waals surface area contributed by atoms with E-state index in [-0.39, 0.29) is 10.9 Å². The summed E-state index contributed by atoms with van der Waals surface area (Å²) in [5, 5.41) is 2.47. The molecule has 0 atom stereocenters. The molecule has 0 unspecified atom stereocenters. The van der Waals surface area contributed by atoms with Gasteiger partial charge in [-0.15, -0.1) is 13.2 Å². The summed E-state index contributed by atoms with van der Waals surface area (Å²) in [7, 11) is 1.55. The van der Waals surface area contributed by atoms with Crippen molar-refractivity contribution in [2.24, 2.45) is 0 Å². The zero-order valence-electron chi connectivity index (χ0n) is 13.7. The predicted octanol–water partition coefficient (Wildman–Crippen LogP) is 4.18. The lowest BCUT2D eigenvalue weighted by atomic mass is 10.0. The molecule has 0 saturated heterocycles. The molecule has 1 aromatic carbocycles. The average molecular weight is 383 g/mol. The minimum absolute atomic E-state index is 0.113. The van der Waals surface area contributed by atoms with Crippen LogP contribution in [-0.4, -0.2) is 24.3 Å². The maximum absolute atomic E-state index is 12.5. The number of fused-ring (bicyclic) bond motifs is 1. The van der Waals surface area contributed by atoms with Gasteiger partial charge in [0.15, 0.2) is 0 Å². The second-order valence-electron chi connectivity index (χ2n) is 5.77. The first-order valence-corrected chi connectivity index (χ1v) is 8.08. The van der Waals surface area contributed by atoms with Crippen molar-refractivity contribution in [3.05, 3.63) is 63.4 Å². The van der Waals surface area contributed by atoms with Gasteiger partial charge in [-0.05, 0) is 48.2 Å². The fourth-order valence-electron chi connectivity index (χ4n) is 2.87. The highest BCUT2D eigenvalue weighted by Crippen LogP contribution is 2.33. The number of halogens is 4. The highest BCUT2D eigenvalue weighted by Gasteiger charge is 2.32. The summed E-state index contributed by atoms with van der Waals surface area (Å²) >= 11 is 5.77. The van der Waals surface area contributed by atoms with Crippen LogP contribution in [0.2, 0.25) is 5.02 Å². The van der Waals surface area contributed by atoms with Crippen LogP contribution in [0.25, 0.3) is 6.08 Å². The number of pyridine rings is 1. The maximum atomic E-state index is 12.5. The highest BCUT2D eigenvalue weighted by atomic mass is 35.5. The summed E-state index contributed by atoms with van der Waals surface area (Å²) in [6, 6.07) is 5.93. The topological polar surface area (TPSA) is 51.2 Å². The Labute approximate surface area is 152 Å². The maximum Gasteiger partial charge on any atom is 0.573 e. The number of rotatable bonds is 4. The van der Waals surface area contributed by atoms with E-state index in [0.717, 1.165) is 11.1 Å². The number of carbonyl (C=O) groups excluding carboxylic acids is 1. The Morgan fingerprint density at radius 3 is 2.81 bits per heavy atom. The smallest absolute Gasteiger partial charge is 0.404 e. The number of allylic oxidation sites excluding steroid dienone is 1. The third kappa shape index (κ3) is 3.99. The van der Waals surface area contributed by atoms with Crippen LogP contribution in [0.3, 0.4) is 0 Å². The van der Waals surface area contributed by atoms with Crippen LogP contribution in [0.1, 0.15) is 27.2 Å². The molecule has 1 aromatic heterocycles. The summed E-state index contributed by atoms with van der Waals surface area (Å²) in [6.45, 7) is 0. The molecule has 0 aliphatic heterocycles. The van der Waals surface area contributed by atoms with Crippen LogP contribution in [0.15, 0.2) is 36.0 Å². The number of alkyl halides is 3. The van der Waals surface area contributed by atoms with E-state index in [1.807, 2.05) is 6.08 Å². The van der Waals surface area contributed by atoms with E-state index < -0.39 is 12.1 Å². The van der Waals surface area contributed by atoms with Gasteiger partial charge in [-0.3, -0.25) is 9.78 Å². The molecule has 26 heavy (non-hydrogen) atoms. The van der Waals surface area contributed by atoms with Crippen molar-refractivity contribution in [1.82, 2.24) is 10.3 Å². The van der Waals surface area contributed by atoms with Crippen molar-refractivity contribution in [3.63, 3.8) is 0 Å².